The third-order valence-electron chi connectivity index (χ3n) is 3.97. The summed E-state index contributed by atoms with van der Waals surface area (Å²) in [6.45, 7) is 0. The van der Waals surface area contributed by atoms with Gasteiger partial charge in [0.05, 0.1) is 23.6 Å². The van der Waals surface area contributed by atoms with Crippen LogP contribution < -0.4 is 0 Å². The Bertz CT molecular complexity index is 760. The van der Waals surface area contributed by atoms with E-state index in [0.29, 0.717) is 5.57 Å². The number of nitrogens with zero attached hydrogens (tertiary/aromatic N) is 2. The first-order valence-electron chi connectivity index (χ1n) is 6.98. The van der Waals surface area contributed by atoms with Crippen LogP contribution in [0, 0.1) is 28.6 Å². The minimum Gasteiger partial charge on any atom is -0.198 e. The fraction of sp³-hybridized carbons (Fsp3) is 0.158. The second-order valence-electron chi connectivity index (χ2n) is 5.24. The molecule has 0 unspecified atom stereocenters. The zero-order valence-electron chi connectivity index (χ0n) is 11.5. The van der Waals surface area contributed by atoms with Crippen LogP contribution in [-0.4, -0.2) is 0 Å². The molecule has 0 fully saturated rings. The van der Waals surface area contributed by atoms with Crippen LogP contribution in [0.15, 0.2) is 60.7 Å². The predicted molar refractivity (Wildman–Crippen MR) is 82.0 cm³/mol. The monoisotopic (exact) mass is 270 g/mol. The van der Waals surface area contributed by atoms with E-state index >= 15 is 0 Å². The van der Waals surface area contributed by atoms with Gasteiger partial charge in [-0.3, -0.25) is 0 Å². The maximum Gasteiger partial charge on any atom is 0.0994 e. The lowest BCUT2D eigenvalue weighted by molar-refractivity contribution is 0.582. The lowest BCUT2D eigenvalue weighted by atomic mass is 9.75. The van der Waals surface area contributed by atoms with Crippen molar-refractivity contribution in [3.63, 3.8) is 0 Å². The highest BCUT2D eigenvalue weighted by molar-refractivity contribution is 5.81. The van der Waals surface area contributed by atoms with E-state index < -0.39 is 0 Å². The summed E-state index contributed by atoms with van der Waals surface area (Å²) in [5.41, 5.74) is 3.74. The second kappa shape index (κ2) is 5.65. The number of benzene rings is 2. The Balaban J connectivity index is 2.03. The first-order chi connectivity index (χ1) is 10.3. The summed E-state index contributed by atoms with van der Waals surface area (Å²) in [6.07, 6.45) is 2.74. The maximum atomic E-state index is 9.58. The summed E-state index contributed by atoms with van der Waals surface area (Å²) in [4.78, 5) is 0. The molecule has 1 aliphatic rings. The summed E-state index contributed by atoms with van der Waals surface area (Å²) >= 11 is 0. The highest BCUT2D eigenvalue weighted by Crippen LogP contribution is 2.39. The first kappa shape index (κ1) is 13.2. The standard InChI is InChI=1S/C19H14N2/c20-12-16-11-15(10-14-6-2-1-3-7-14)19(13-21)18-9-5-4-8-17(16)18/h1-9,11,15,19H,10H2/t15-,19-/m0/s1. The summed E-state index contributed by atoms with van der Waals surface area (Å²) < 4.78 is 0. The third kappa shape index (κ3) is 2.45. The number of rotatable bonds is 2. The number of nitriles is 2. The van der Waals surface area contributed by atoms with Crippen molar-refractivity contribution in [1.29, 1.82) is 10.5 Å². The van der Waals surface area contributed by atoms with E-state index in [0.717, 1.165) is 17.5 Å². The Hall–Kier alpha value is -2.84. The van der Waals surface area contributed by atoms with Crippen LogP contribution in [0.5, 0.6) is 0 Å². The van der Waals surface area contributed by atoms with Gasteiger partial charge in [-0.05, 0) is 23.1 Å². The van der Waals surface area contributed by atoms with Gasteiger partial charge >= 0.3 is 0 Å². The molecule has 1 aliphatic carbocycles. The molecule has 2 heteroatoms. The fourth-order valence-electron chi connectivity index (χ4n) is 2.97. The molecular weight excluding hydrogens is 256 g/mol. The van der Waals surface area contributed by atoms with Crippen LogP contribution in [0.25, 0.3) is 5.57 Å². The Morgan fingerprint density at radius 1 is 0.905 bits per heavy atom. The average molecular weight is 270 g/mol. The highest BCUT2D eigenvalue weighted by atomic mass is 14.4. The van der Waals surface area contributed by atoms with E-state index in [-0.39, 0.29) is 11.8 Å². The second-order valence-corrected chi connectivity index (χ2v) is 5.24. The topological polar surface area (TPSA) is 47.6 Å². The van der Waals surface area contributed by atoms with E-state index in [1.54, 1.807) is 0 Å². The van der Waals surface area contributed by atoms with Gasteiger partial charge < -0.3 is 0 Å². The molecule has 0 spiro atoms. The molecule has 0 bridgehead atoms. The normalized spacial score (nSPS) is 19.8. The van der Waals surface area contributed by atoms with Crippen molar-refractivity contribution in [2.75, 3.05) is 0 Å². The Kier molecular flexibility index (Phi) is 3.54. The van der Waals surface area contributed by atoms with Crippen LogP contribution in [0.1, 0.15) is 22.6 Å². The van der Waals surface area contributed by atoms with Crippen molar-refractivity contribution < 1.29 is 0 Å². The summed E-state index contributed by atoms with van der Waals surface area (Å²) in [7, 11) is 0. The van der Waals surface area contributed by atoms with E-state index in [2.05, 4.69) is 24.3 Å². The molecule has 0 saturated carbocycles. The van der Waals surface area contributed by atoms with Gasteiger partial charge in [0.1, 0.15) is 0 Å². The lowest BCUT2D eigenvalue weighted by Gasteiger charge is -2.26. The van der Waals surface area contributed by atoms with Crippen molar-refractivity contribution in [2.24, 2.45) is 5.92 Å². The van der Waals surface area contributed by atoms with Gasteiger partial charge in [-0.1, -0.05) is 60.7 Å². The molecule has 0 heterocycles. The SMILES string of the molecule is N#CC1=C[C@H](Cc2ccccc2)[C@H](C#N)c2ccccc21. The maximum absolute atomic E-state index is 9.58. The van der Waals surface area contributed by atoms with Gasteiger partial charge in [-0.2, -0.15) is 10.5 Å². The smallest absolute Gasteiger partial charge is 0.0994 e. The molecule has 2 atom stereocenters. The van der Waals surface area contributed by atoms with E-state index in [1.807, 2.05) is 48.5 Å². The molecule has 0 saturated heterocycles. The summed E-state index contributed by atoms with van der Waals surface area (Å²) in [5, 5.41) is 19.0. The first-order valence-corrected chi connectivity index (χ1v) is 6.98. The molecule has 0 aromatic heterocycles. The van der Waals surface area contributed by atoms with Gasteiger partial charge in [0.15, 0.2) is 0 Å². The predicted octanol–water partition coefficient (Wildman–Crippen LogP) is 4.07. The molecule has 2 aromatic rings. The average Bonchev–Trinajstić information content (AvgIpc) is 2.55. The van der Waals surface area contributed by atoms with Crippen molar-refractivity contribution in [1.82, 2.24) is 0 Å². The molecule has 0 amide bonds. The van der Waals surface area contributed by atoms with Gasteiger partial charge in [0.25, 0.3) is 0 Å². The Morgan fingerprint density at radius 2 is 1.62 bits per heavy atom. The number of hydrogen-bond donors (Lipinski definition) is 0. The number of fused-ring (bicyclic) bond motifs is 1. The Labute approximate surface area is 124 Å². The van der Waals surface area contributed by atoms with Crippen molar-refractivity contribution in [3.8, 4) is 12.1 Å². The lowest BCUT2D eigenvalue weighted by Crippen LogP contribution is -2.18. The molecule has 2 nitrogen and oxygen atoms in total. The van der Waals surface area contributed by atoms with Crippen molar-refractivity contribution in [2.45, 2.75) is 12.3 Å². The van der Waals surface area contributed by atoms with Gasteiger partial charge in [0, 0.05) is 5.92 Å². The van der Waals surface area contributed by atoms with Gasteiger partial charge in [0.2, 0.25) is 0 Å². The zero-order valence-corrected chi connectivity index (χ0v) is 11.5. The molecule has 2 aromatic carbocycles. The van der Waals surface area contributed by atoms with Gasteiger partial charge in [-0.25, -0.2) is 0 Å². The van der Waals surface area contributed by atoms with Crippen LogP contribution in [0.2, 0.25) is 0 Å². The summed E-state index contributed by atoms with van der Waals surface area (Å²) in [5.74, 6) is -0.152. The quantitative estimate of drug-likeness (QED) is 0.825. The molecule has 21 heavy (non-hydrogen) atoms. The highest BCUT2D eigenvalue weighted by Gasteiger charge is 2.29. The molecule has 0 aliphatic heterocycles. The van der Waals surface area contributed by atoms with Crippen LogP contribution >= 0.6 is 0 Å². The molecule has 0 N–H and O–H groups in total. The minimum absolute atomic E-state index is 0.0435. The fourth-order valence-corrected chi connectivity index (χ4v) is 2.97. The molecule has 100 valence electrons. The third-order valence-corrected chi connectivity index (χ3v) is 3.97. The molecule has 0 radical (unpaired) electrons. The largest absolute Gasteiger partial charge is 0.198 e. The van der Waals surface area contributed by atoms with E-state index in [1.165, 1.54) is 5.56 Å². The number of hydrogen-bond acceptors (Lipinski definition) is 2. The van der Waals surface area contributed by atoms with Gasteiger partial charge in [-0.15, -0.1) is 0 Å². The van der Waals surface area contributed by atoms with Crippen LogP contribution in [0.3, 0.4) is 0 Å². The van der Waals surface area contributed by atoms with E-state index in [9.17, 15) is 10.5 Å². The van der Waals surface area contributed by atoms with Crippen molar-refractivity contribution in [3.05, 3.63) is 77.4 Å². The molecular formula is C19H14N2. The molecule has 3 rings (SSSR count). The van der Waals surface area contributed by atoms with Crippen LogP contribution in [-0.2, 0) is 6.42 Å². The number of allylic oxidation sites excluding steroid dienone is 2. The van der Waals surface area contributed by atoms with E-state index in [4.69, 9.17) is 0 Å². The Morgan fingerprint density at radius 3 is 2.33 bits per heavy atom. The van der Waals surface area contributed by atoms with Crippen molar-refractivity contribution >= 4 is 5.57 Å². The summed E-state index contributed by atoms with van der Waals surface area (Å²) in [6, 6.07) is 22.5. The minimum atomic E-state index is -0.196. The van der Waals surface area contributed by atoms with Crippen LogP contribution in [0.4, 0.5) is 0 Å². The zero-order chi connectivity index (χ0) is 14.7.